The summed E-state index contributed by atoms with van der Waals surface area (Å²) in [6.07, 6.45) is 2.13. The van der Waals surface area contributed by atoms with Crippen LogP contribution in [0.15, 0.2) is 24.3 Å². The number of alkyl halides is 1. The van der Waals surface area contributed by atoms with Gasteiger partial charge in [-0.15, -0.1) is 11.6 Å². The van der Waals surface area contributed by atoms with Gasteiger partial charge in [0.15, 0.2) is 0 Å². The number of allylic oxidation sites excluding steroid dienone is 1. The van der Waals surface area contributed by atoms with E-state index in [4.69, 9.17) is 11.6 Å². The highest BCUT2D eigenvalue weighted by Crippen LogP contribution is 2.32. The number of halogens is 1. The van der Waals surface area contributed by atoms with Crippen molar-refractivity contribution in [3.05, 3.63) is 35.4 Å². The second kappa shape index (κ2) is 2.14. The van der Waals surface area contributed by atoms with Crippen molar-refractivity contribution in [1.82, 2.24) is 0 Å². The third-order valence-electron chi connectivity index (χ3n) is 1.78. The van der Waals surface area contributed by atoms with Crippen molar-refractivity contribution >= 4 is 23.3 Å². The van der Waals surface area contributed by atoms with E-state index >= 15 is 0 Å². The average Bonchev–Trinajstić information content (AvgIpc) is 1.92. The van der Waals surface area contributed by atoms with Crippen LogP contribution < -0.4 is 0 Å². The van der Waals surface area contributed by atoms with E-state index in [9.17, 15) is 0 Å². The fourth-order valence-corrected chi connectivity index (χ4v) is 1.43. The van der Waals surface area contributed by atoms with E-state index in [1.165, 1.54) is 16.7 Å². The number of hydrogen-bond acceptors (Lipinski definition) is 0. The monoisotopic (exact) mass is 150 g/mol. The van der Waals surface area contributed by atoms with Gasteiger partial charge in [-0.3, -0.25) is 0 Å². The summed E-state index contributed by atoms with van der Waals surface area (Å²) >= 11 is 5.66. The summed E-state index contributed by atoms with van der Waals surface area (Å²) in [5, 5.41) is 0. The van der Waals surface area contributed by atoms with E-state index in [2.05, 4.69) is 18.2 Å². The Morgan fingerprint density at radius 3 is 2.70 bits per heavy atom. The van der Waals surface area contributed by atoms with Crippen molar-refractivity contribution in [3.8, 4) is 0 Å². The highest BCUT2D eigenvalue weighted by atomic mass is 35.5. The van der Waals surface area contributed by atoms with E-state index in [1.54, 1.807) is 0 Å². The quantitative estimate of drug-likeness (QED) is 0.540. The lowest BCUT2D eigenvalue weighted by molar-refractivity contribution is 1.49. The molecule has 0 saturated carbocycles. The molecule has 0 N–H and O–H groups in total. The SMILES string of the molecule is ClCC1=Cc2ccccc21. The zero-order valence-electron chi connectivity index (χ0n) is 5.47. The molecule has 1 aliphatic carbocycles. The van der Waals surface area contributed by atoms with Gasteiger partial charge >= 0.3 is 0 Å². The van der Waals surface area contributed by atoms with Crippen molar-refractivity contribution in [2.24, 2.45) is 0 Å². The van der Waals surface area contributed by atoms with E-state index in [-0.39, 0.29) is 0 Å². The van der Waals surface area contributed by atoms with Crippen LogP contribution in [0, 0.1) is 0 Å². The molecule has 50 valence electrons. The Hall–Kier alpha value is -0.750. The molecule has 0 nitrogen and oxygen atoms in total. The molecule has 2 rings (SSSR count). The lowest BCUT2D eigenvalue weighted by Gasteiger charge is -2.16. The van der Waals surface area contributed by atoms with Gasteiger partial charge in [-0.05, 0) is 22.8 Å². The first-order valence-electron chi connectivity index (χ1n) is 3.28. The summed E-state index contributed by atoms with van der Waals surface area (Å²) in [4.78, 5) is 0. The largest absolute Gasteiger partial charge is 0.122 e. The van der Waals surface area contributed by atoms with Gasteiger partial charge in [-0.2, -0.15) is 0 Å². The zero-order chi connectivity index (χ0) is 6.97. The first kappa shape index (κ1) is 5.99. The molecule has 0 saturated heterocycles. The van der Waals surface area contributed by atoms with Crippen LogP contribution in [0.25, 0.3) is 11.6 Å². The molecule has 10 heavy (non-hydrogen) atoms. The lowest BCUT2D eigenvalue weighted by atomic mass is 9.90. The molecular weight excluding hydrogens is 144 g/mol. The van der Waals surface area contributed by atoms with Gasteiger partial charge < -0.3 is 0 Å². The van der Waals surface area contributed by atoms with E-state index in [0.717, 1.165) is 0 Å². The standard InChI is InChI=1S/C9H7Cl/c10-6-8-5-7-3-1-2-4-9(7)8/h1-5H,6H2. The zero-order valence-corrected chi connectivity index (χ0v) is 6.23. The maximum atomic E-state index is 5.66. The molecule has 0 radical (unpaired) electrons. The molecule has 0 aromatic heterocycles. The van der Waals surface area contributed by atoms with E-state index < -0.39 is 0 Å². The first-order valence-corrected chi connectivity index (χ1v) is 3.81. The molecule has 0 amide bonds. The molecule has 1 aromatic carbocycles. The van der Waals surface area contributed by atoms with Crippen molar-refractivity contribution < 1.29 is 0 Å². The third kappa shape index (κ3) is 0.691. The molecule has 0 atom stereocenters. The topological polar surface area (TPSA) is 0 Å². The molecule has 0 spiro atoms. The fraction of sp³-hybridized carbons (Fsp3) is 0.111. The normalized spacial score (nSPS) is 13.5. The van der Waals surface area contributed by atoms with Crippen molar-refractivity contribution in [2.75, 3.05) is 5.88 Å². The van der Waals surface area contributed by atoms with Crippen LogP contribution in [0.2, 0.25) is 0 Å². The molecule has 0 aliphatic heterocycles. The van der Waals surface area contributed by atoms with Crippen LogP contribution in [-0.4, -0.2) is 5.88 Å². The Morgan fingerprint density at radius 2 is 2.00 bits per heavy atom. The van der Waals surface area contributed by atoms with Crippen molar-refractivity contribution in [1.29, 1.82) is 0 Å². The van der Waals surface area contributed by atoms with Gasteiger partial charge in [0.25, 0.3) is 0 Å². The minimum Gasteiger partial charge on any atom is -0.122 e. The van der Waals surface area contributed by atoms with E-state index in [1.807, 2.05) is 12.1 Å². The Kier molecular flexibility index (Phi) is 1.28. The highest BCUT2D eigenvalue weighted by Gasteiger charge is 2.12. The minimum absolute atomic E-state index is 0.636. The first-order chi connectivity index (χ1) is 4.92. The predicted octanol–water partition coefficient (Wildman–Crippen LogP) is 2.78. The fourth-order valence-electron chi connectivity index (χ4n) is 1.21. The molecular formula is C9H7Cl. The summed E-state index contributed by atoms with van der Waals surface area (Å²) < 4.78 is 0. The van der Waals surface area contributed by atoms with Crippen LogP contribution in [0.1, 0.15) is 11.1 Å². The van der Waals surface area contributed by atoms with Gasteiger partial charge in [0.05, 0.1) is 0 Å². The summed E-state index contributed by atoms with van der Waals surface area (Å²) in [5.74, 6) is 0.636. The molecule has 0 fully saturated rings. The number of fused-ring (bicyclic) bond motifs is 1. The summed E-state index contributed by atoms with van der Waals surface area (Å²) in [5.41, 5.74) is 3.90. The Labute approximate surface area is 65.1 Å². The second-order valence-corrected chi connectivity index (χ2v) is 2.66. The van der Waals surface area contributed by atoms with Gasteiger partial charge in [0, 0.05) is 5.88 Å². The number of benzene rings is 1. The highest BCUT2D eigenvalue weighted by molar-refractivity contribution is 6.25. The maximum absolute atomic E-state index is 5.66. The van der Waals surface area contributed by atoms with Crippen molar-refractivity contribution in [2.45, 2.75) is 0 Å². The van der Waals surface area contributed by atoms with Gasteiger partial charge in [-0.25, -0.2) is 0 Å². The van der Waals surface area contributed by atoms with Crippen LogP contribution >= 0.6 is 11.6 Å². The lowest BCUT2D eigenvalue weighted by Crippen LogP contribution is -1.98. The Balaban J connectivity index is 2.43. The summed E-state index contributed by atoms with van der Waals surface area (Å²) in [6, 6.07) is 8.29. The molecule has 1 heteroatoms. The van der Waals surface area contributed by atoms with Crippen LogP contribution in [0.5, 0.6) is 0 Å². The van der Waals surface area contributed by atoms with E-state index in [0.29, 0.717) is 5.88 Å². The average molecular weight is 151 g/mol. The Bertz CT molecular complexity index is 287. The van der Waals surface area contributed by atoms with Crippen LogP contribution in [0.3, 0.4) is 0 Å². The number of rotatable bonds is 1. The summed E-state index contributed by atoms with van der Waals surface area (Å²) in [7, 11) is 0. The van der Waals surface area contributed by atoms with Crippen LogP contribution in [0.4, 0.5) is 0 Å². The minimum atomic E-state index is 0.636. The van der Waals surface area contributed by atoms with Gasteiger partial charge in [0.1, 0.15) is 0 Å². The molecule has 1 aromatic rings. The Morgan fingerprint density at radius 1 is 1.20 bits per heavy atom. The van der Waals surface area contributed by atoms with Crippen LogP contribution in [-0.2, 0) is 0 Å². The smallest absolute Gasteiger partial charge is 0.0480 e. The maximum Gasteiger partial charge on any atom is 0.0480 e. The second-order valence-electron chi connectivity index (χ2n) is 2.39. The molecule has 1 aliphatic rings. The van der Waals surface area contributed by atoms with Gasteiger partial charge in [0.2, 0.25) is 0 Å². The predicted molar refractivity (Wildman–Crippen MR) is 45.0 cm³/mol. The molecule has 0 heterocycles. The molecule has 0 bridgehead atoms. The third-order valence-corrected chi connectivity index (χ3v) is 2.07. The van der Waals surface area contributed by atoms with Crippen molar-refractivity contribution in [3.63, 3.8) is 0 Å². The number of hydrogen-bond donors (Lipinski definition) is 0. The van der Waals surface area contributed by atoms with Gasteiger partial charge in [-0.1, -0.05) is 24.3 Å². The summed E-state index contributed by atoms with van der Waals surface area (Å²) in [6.45, 7) is 0. The molecule has 0 unspecified atom stereocenters.